The Kier molecular flexibility index (Phi) is 5.50. The molecule has 74 valence electrons. The van der Waals surface area contributed by atoms with E-state index in [1.165, 1.54) is 14.0 Å². The second kappa shape index (κ2) is 6.16. The fraction of sp³-hybridized carbons (Fsp3) is 0.625. The molecule has 0 radical (unpaired) electrons. The van der Waals surface area contributed by atoms with E-state index < -0.39 is 18.0 Å². The molecule has 5 heteroatoms. The minimum atomic E-state index is -0.965. The van der Waals surface area contributed by atoms with Crippen molar-refractivity contribution in [3.8, 4) is 0 Å². The molecule has 0 aliphatic rings. The molecule has 0 fully saturated rings. The Bertz CT molecular complexity index is 199. The first-order valence-corrected chi connectivity index (χ1v) is 3.80. The van der Waals surface area contributed by atoms with Crippen molar-refractivity contribution in [2.24, 2.45) is 0 Å². The summed E-state index contributed by atoms with van der Waals surface area (Å²) in [4.78, 5) is 31.5. The molecule has 0 bridgehead atoms. The molecule has 5 nitrogen and oxygen atoms in total. The van der Waals surface area contributed by atoms with Crippen molar-refractivity contribution in [2.75, 3.05) is 7.11 Å². The third-order valence-electron chi connectivity index (χ3n) is 1.32. The standard InChI is InChI=1S/C8H12O5/c1-6(10)13-7(4-3-5-9)8(11)12-2/h5,7H,3-4H2,1-2H3. The highest BCUT2D eigenvalue weighted by Crippen LogP contribution is 2.03. The number of carbonyl (C=O) groups is 3. The molecule has 0 N–H and O–H groups in total. The molecule has 0 rings (SSSR count). The second-order valence-corrected chi connectivity index (χ2v) is 2.37. The lowest BCUT2D eigenvalue weighted by atomic mass is 10.2. The number of esters is 2. The van der Waals surface area contributed by atoms with Crippen LogP contribution in [-0.4, -0.2) is 31.4 Å². The zero-order valence-electron chi connectivity index (χ0n) is 7.61. The molecular formula is C8H12O5. The van der Waals surface area contributed by atoms with E-state index in [0.717, 1.165) is 0 Å². The molecule has 0 amide bonds. The smallest absolute Gasteiger partial charge is 0.347 e. The number of ether oxygens (including phenoxy) is 2. The lowest BCUT2D eigenvalue weighted by Gasteiger charge is -2.12. The highest BCUT2D eigenvalue weighted by molar-refractivity contribution is 5.78. The van der Waals surface area contributed by atoms with Gasteiger partial charge in [0.15, 0.2) is 6.10 Å². The van der Waals surface area contributed by atoms with E-state index in [1.54, 1.807) is 0 Å². The average molecular weight is 188 g/mol. The number of methoxy groups -OCH3 is 1. The van der Waals surface area contributed by atoms with Gasteiger partial charge in [-0.3, -0.25) is 4.79 Å². The van der Waals surface area contributed by atoms with Gasteiger partial charge >= 0.3 is 11.9 Å². The lowest BCUT2D eigenvalue weighted by molar-refractivity contribution is -0.165. The SMILES string of the molecule is COC(=O)C(CCC=O)OC(C)=O. The van der Waals surface area contributed by atoms with Crippen LogP contribution in [0.2, 0.25) is 0 Å². The van der Waals surface area contributed by atoms with E-state index in [0.29, 0.717) is 6.29 Å². The normalized spacial score (nSPS) is 11.5. The van der Waals surface area contributed by atoms with E-state index in [9.17, 15) is 14.4 Å². The van der Waals surface area contributed by atoms with Crippen LogP contribution in [-0.2, 0) is 23.9 Å². The average Bonchev–Trinajstić information content (AvgIpc) is 2.10. The van der Waals surface area contributed by atoms with Crippen molar-refractivity contribution < 1.29 is 23.9 Å². The van der Waals surface area contributed by atoms with Crippen LogP contribution in [0.3, 0.4) is 0 Å². The Morgan fingerprint density at radius 1 is 1.46 bits per heavy atom. The summed E-state index contributed by atoms with van der Waals surface area (Å²) in [5, 5.41) is 0. The summed E-state index contributed by atoms with van der Waals surface area (Å²) in [6, 6.07) is 0. The largest absolute Gasteiger partial charge is 0.466 e. The summed E-state index contributed by atoms with van der Waals surface area (Å²) in [7, 11) is 1.19. The van der Waals surface area contributed by atoms with E-state index in [4.69, 9.17) is 0 Å². The second-order valence-electron chi connectivity index (χ2n) is 2.37. The van der Waals surface area contributed by atoms with Crippen molar-refractivity contribution in [2.45, 2.75) is 25.9 Å². The summed E-state index contributed by atoms with van der Waals surface area (Å²) in [6.07, 6.45) is 0.00935. The summed E-state index contributed by atoms with van der Waals surface area (Å²) < 4.78 is 9.01. The predicted octanol–water partition coefficient (Wildman–Crippen LogP) is 0.0702. The molecule has 13 heavy (non-hydrogen) atoms. The lowest BCUT2D eigenvalue weighted by Crippen LogP contribution is -2.27. The molecule has 0 heterocycles. The summed E-state index contributed by atoms with van der Waals surface area (Å²) in [5.74, 6) is -1.21. The fourth-order valence-electron chi connectivity index (χ4n) is 0.776. The van der Waals surface area contributed by atoms with Crippen LogP contribution in [0, 0.1) is 0 Å². The first-order chi connectivity index (χ1) is 6.11. The molecule has 1 atom stereocenters. The first kappa shape index (κ1) is 11.6. The van der Waals surface area contributed by atoms with Crippen LogP contribution in [0.1, 0.15) is 19.8 Å². The molecule has 0 saturated heterocycles. The van der Waals surface area contributed by atoms with Crippen LogP contribution in [0.15, 0.2) is 0 Å². The van der Waals surface area contributed by atoms with Crippen LogP contribution < -0.4 is 0 Å². The van der Waals surface area contributed by atoms with Crippen LogP contribution in [0.5, 0.6) is 0 Å². The molecule has 0 aliphatic carbocycles. The third-order valence-corrected chi connectivity index (χ3v) is 1.32. The van der Waals surface area contributed by atoms with Crippen LogP contribution in [0.25, 0.3) is 0 Å². The van der Waals surface area contributed by atoms with Crippen molar-refractivity contribution >= 4 is 18.2 Å². The van der Waals surface area contributed by atoms with Gasteiger partial charge in [0.1, 0.15) is 6.29 Å². The summed E-state index contributed by atoms with van der Waals surface area (Å²) in [6.45, 7) is 1.19. The monoisotopic (exact) mass is 188 g/mol. The highest BCUT2D eigenvalue weighted by Gasteiger charge is 2.21. The Balaban J connectivity index is 4.09. The zero-order valence-corrected chi connectivity index (χ0v) is 7.61. The van der Waals surface area contributed by atoms with Gasteiger partial charge in [0.25, 0.3) is 0 Å². The number of hydrogen-bond donors (Lipinski definition) is 0. The minimum Gasteiger partial charge on any atom is -0.466 e. The van der Waals surface area contributed by atoms with Gasteiger partial charge in [0.2, 0.25) is 0 Å². The van der Waals surface area contributed by atoms with Crippen molar-refractivity contribution in [3.63, 3.8) is 0 Å². The molecule has 0 saturated carbocycles. The van der Waals surface area contributed by atoms with Gasteiger partial charge in [0.05, 0.1) is 7.11 Å². The molecule has 0 aromatic heterocycles. The zero-order chi connectivity index (χ0) is 10.3. The van der Waals surface area contributed by atoms with Gasteiger partial charge in [-0.1, -0.05) is 0 Å². The Hall–Kier alpha value is -1.39. The number of carbonyl (C=O) groups excluding carboxylic acids is 3. The van der Waals surface area contributed by atoms with Gasteiger partial charge < -0.3 is 14.3 Å². The number of aldehydes is 1. The fourth-order valence-corrected chi connectivity index (χ4v) is 0.776. The number of hydrogen-bond acceptors (Lipinski definition) is 5. The third kappa shape index (κ3) is 4.95. The van der Waals surface area contributed by atoms with E-state index in [1.807, 2.05) is 0 Å². The Labute approximate surface area is 76.0 Å². The van der Waals surface area contributed by atoms with Gasteiger partial charge in [0, 0.05) is 19.8 Å². The van der Waals surface area contributed by atoms with Crippen molar-refractivity contribution in [3.05, 3.63) is 0 Å². The molecule has 0 aliphatic heterocycles. The number of rotatable bonds is 5. The van der Waals surface area contributed by atoms with Crippen molar-refractivity contribution in [1.82, 2.24) is 0 Å². The van der Waals surface area contributed by atoms with Crippen molar-refractivity contribution in [1.29, 1.82) is 0 Å². The Morgan fingerprint density at radius 2 is 2.08 bits per heavy atom. The Morgan fingerprint density at radius 3 is 2.46 bits per heavy atom. The van der Waals surface area contributed by atoms with E-state index >= 15 is 0 Å². The maximum Gasteiger partial charge on any atom is 0.347 e. The van der Waals surface area contributed by atoms with Gasteiger partial charge in [-0.05, 0) is 0 Å². The predicted molar refractivity (Wildman–Crippen MR) is 42.9 cm³/mol. The molecule has 0 aromatic rings. The molecule has 0 spiro atoms. The van der Waals surface area contributed by atoms with Gasteiger partial charge in [-0.25, -0.2) is 4.79 Å². The quantitative estimate of drug-likeness (QED) is 0.451. The summed E-state index contributed by atoms with van der Waals surface area (Å²) >= 11 is 0. The van der Waals surface area contributed by atoms with E-state index in [-0.39, 0.29) is 12.8 Å². The maximum atomic E-state index is 10.9. The minimum absolute atomic E-state index is 0.160. The van der Waals surface area contributed by atoms with Crippen LogP contribution >= 0.6 is 0 Å². The van der Waals surface area contributed by atoms with Gasteiger partial charge in [-0.15, -0.1) is 0 Å². The summed E-state index contributed by atoms with van der Waals surface area (Å²) in [5.41, 5.74) is 0. The first-order valence-electron chi connectivity index (χ1n) is 3.80. The highest BCUT2D eigenvalue weighted by atomic mass is 16.6. The molecular weight excluding hydrogens is 176 g/mol. The van der Waals surface area contributed by atoms with E-state index in [2.05, 4.69) is 9.47 Å². The molecule has 1 unspecified atom stereocenters. The molecule has 0 aromatic carbocycles. The maximum absolute atomic E-state index is 10.9. The topological polar surface area (TPSA) is 69.7 Å². The van der Waals surface area contributed by atoms with Gasteiger partial charge in [-0.2, -0.15) is 0 Å². The van der Waals surface area contributed by atoms with Crippen LogP contribution in [0.4, 0.5) is 0 Å².